The fourth-order valence-electron chi connectivity index (χ4n) is 23.9. The summed E-state index contributed by atoms with van der Waals surface area (Å²) in [6, 6.07) is 176. The molecular weight excluding hydrogens is 1630 g/mol. The maximum Gasteiger partial charge on any atom is 0.0714 e. The molecule has 21 aromatic carbocycles. The van der Waals surface area contributed by atoms with Crippen molar-refractivity contribution in [3.8, 4) is 112 Å². The molecular formula is C131H90N4. The zero-order chi connectivity index (χ0) is 89.5. The second-order valence-electron chi connectivity index (χ2n) is 38.2. The first kappa shape index (κ1) is 78.0. The van der Waals surface area contributed by atoms with E-state index in [1.165, 1.54) is 249 Å². The molecule has 0 amide bonds. The van der Waals surface area contributed by atoms with Crippen molar-refractivity contribution in [1.82, 2.24) is 18.3 Å². The van der Waals surface area contributed by atoms with Gasteiger partial charge in [-0.2, -0.15) is 0 Å². The largest absolute Gasteiger partial charge is 0.309 e. The molecule has 0 aliphatic heterocycles. The number of para-hydroxylation sites is 1. The SMILES string of the molecule is CC1(C)c2ccccc2-c2ccc(-n3c4ccc(-c5ccccc5)cc4c4cc(-c5ccc6c(c5)c5cc(-c7ccccc7)ccc5n6-c5ccc6c(c5)C(C)(C)c5ccccc5-6)ccc43)cc21.c1ccc(-c2ccc3c(c2)c2cc(-c4ccc5c(c4)c4ccccc4n5-c4ccc5ccccc5c4)ccc2n3-c2ccc3c(c2)C(c2ccccc2)(c2ccccc2)c2ccccc2-3)cc1. The highest BCUT2D eigenvalue weighted by Crippen LogP contribution is 2.58. The topological polar surface area (TPSA) is 19.7 Å². The van der Waals surface area contributed by atoms with Crippen molar-refractivity contribution < 1.29 is 0 Å². The van der Waals surface area contributed by atoms with E-state index in [0.29, 0.717) is 0 Å². The third kappa shape index (κ3) is 11.9. The average Bonchev–Trinajstić information content (AvgIpc) is 1.53. The normalized spacial score (nSPS) is 13.5. The molecule has 135 heavy (non-hydrogen) atoms. The molecule has 28 rings (SSSR count). The Kier molecular flexibility index (Phi) is 17.4. The van der Waals surface area contributed by atoms with Crippen molar-refractivity contribution in [2.75, 3.05) is 0 Å². The van der Waals surface area contributed by atoms with Gasteiger partial charge in [0.1, 0.15) is 0 Å². The Balaban J connectivity index is 0.000000137. The summed E-state index contributed by atoms with van der Waals surface area (Å²) in [6.07, 6.45) is 0. The third-order valence-corrected chi connectivity index (χ3v) is 30.3. The van der Waals surface area contributed by atoms with Gasteiger partial charge in [0.05, 0.1) is 49.5 Å². The van der Waals surface area contributed by atoms with Crippen LogP contribution >= 0.6 is 0 Å². The van der Waals surface area contributed by atoms with Crippen molar-refractivity contribution in [3.05, 3.63) is 518 Å². The van der Waals surface area contributed by atoms with E-state index in [2.05, 4.69) is 519 Å². The van der Waals surface area contributed by atoms with Gasteiger partial charge in [0.2, 0.25) is 0 Å². The summed E-state index contributed by atoms with van der Waals surface area (Å²) in [4.78, 5) is 0. The van der Waals surface area contributed by atoms with E-state index in [-0.39, 0.29) is 10.8 Å². The minimum absolute atomic E-state index is 0.0963. The lowest BCUT2D eigenvalue weighted by atomic mass is 9.67. The van der Waals surface area contributed by atoms with Crippen molar-refractivity contribution in [2.45, 2.75) is 43.9 Å². The van der Waals surface area contributed by atoms with Crippen LogP contribution in [0.5, 0.6) is 0 Å². The number of aromatic nitrogens is 4. The van der Waals surface area contributed by atoms with E-state index < -0.39 is 5.41 Å². The molecule has 4 nitrogen and oxygen atoms in total. The molecule has 25 aromatic rings. The maximum absolute atomic E-state index is 2.49. The quantitative estimate of drug-likeness (QED) is 0.123. The van der Waals surface area contributed by atoms with Gasteiger partial charge in [0, 0.05) is 76.7 Å². The van der Waals surface area contributed by atoms with Gasteiger partial charge < -0.3 is 18.3 Å². The molecule has 0 spiro atoms. The highest BCUT2D eigenvalue weighted by molar-refractivity contribution is 6.17. The second kappa shape index (κ2) is 30.1. The van der Waals surface area contributed by atoms with Crippen LogP contribution in [0, 0.1) is 0 Å². The first-order chi connectivity index (χ1) is 66.4. The fourth-order valence-corrected chi connectivity index (χ4v) is 23.9. The summed E-state index contributed by atoms with van der Waals surface area (Å²) >= 11 is 0. The number of hydrogen-bond acceptors (Lipinski definition) is 0. The zero-order valence-corrected chi connectivity index (χ0v) is 75.3. The fraction of sp³-hybridized carbons (Fsp3) is 0.0534. The first-order valence-electron chi connectivity index (χ1n) is 47.2. The lowest BCUT2D eigenvalue weighted by Gasteiger charge is -2.34. The number of fused-ring (bicyclic) bond motifs is 22. The molecule has 4 heterocycles. The average molecular weight is 1720 g/mol. The summed E-state index contributed by atoms with van der Waals surface area (Å²) in [5.41, 5.74) is 44.3. The molecule has 0 N–H and O–H groups in total. The predicted octanol–water partition coefficient (Wildman–Crippen LogP) is 34.2. The van der Waals surface area contributed by atoms with E-state index in [9.17, 15) is 0 Å². The van der Waals surface area contributed by atoms with E-state index in [4.69, 9.17) is 0 Å². The molecule has 634 valence electrons. The minimum atomic E-state index is -0.493. The minimum Gasteiger partial charge on any atom is -0.309 e. The molecule has 4 aromatic heterocycles. The van der Waals surface area contributed by atoms with Crippen LogP contribution < -0.4 is 0 Å². The molecule has 0 bridgehead atoms. The zero-order valence-electron chi connectivity index (χ0n) is 75.3. The molecule has 0 fully saturated rings. The number of rotatable bonds is 11. The van der Waals surface area contributed by atoms with Crippen molar-refractivity contribution >= 4 is 98.0 Å². The second-order valence-corrected chi connectivity index (χ2v) is 38.2. The molecule has 0 unspecified atom stereocenters. The number of nitrogens with zero attached hydrogens (tertiary/aromatic N) is 4. The van der Waals surface area contributed by atoms with Gasteiger partial charge in [-0.1, -0.05) is 361 Å². The van der Waals surface area contributed by atoms with Gasteiger partial charge in [-0.15, -0.1) is 0 Å². The van der Waals surface area contributed by atoms with E-state index >= 15 is 0 Å². The molecule has 3 aliphatic rings. The van der Waals surface area contributed by atoms with Crippen LogP contribution in [-0.4, -0.2) is 18.3 Å². The Morgan fingerprint density at radius 3 is 0.778 bits per heavy atom. The molecule has 0 radical (unpaired) electrons. The van der Waals surface area contributed by atoms with Crippen LogP contribution in [-0.2, 0) is 16.2 Å². The van der Waals surface area contributed by atoms with Gasteiger partial charge in [0.25, 0.3) is 0 Å². The van der Waals surface area contributed by atoms with Crippen LogP contribution in [0.25, 0.3) is 210 Å². The van der Waals surface area contributed by atoms with Gasteiger partial charge in [0.15, 0.2) is 0 Å². The Hall–Kier alpha value is -16.9. The van der Waals surface area contributed by atoms with Crippen LogP contribution in [0.1, 0.15) is 72.2 Å². The summed E-state index contributed by atoms with van der Waals surface area (Å²) in [6.45, 7) is 9.48. The lowest BCUT2D eigenvalue weighted by Crippen LogP contribution is -2.28. The van der Waals surface area contributed by atoms with Crippen molar-refractivity contribution in [3.63, 3.8) is 0 Å². The van der Waals surface area contributed by atoms with Crippen LogP contribution in [0.3, 0.4) is 0 Å². The lowest BCUT2D eigenvalue weighted by molar-refractivity contribution is 0.660. The standard InChI is InChI=1S/C66H48N2.C65H42N2/c1-65(2)57-21-13-11-19-49(57)51-29-27-47(39-59(51)65)67-61-31-23-43(41-15-7-5-8-16-41)35-53(61)55-37-45(25-33-63(55)67)46-26-34-64-56(38-46)54-36-44(42-17-9-6-10-18-42)24-32-62(54)68(64)48-28-30-52-50-20-12-14-22-58(50)66(3,4)60(52)40-48;1-4-16-43(17-5-1)46-29-35-63-57(39-46)58-41-48(47-30-36-62-56(40-47)55-25-13-15-27-61(55)66(62)51-32-28-44-18-10-11-19-45(44)38-51)31-37-64(58)67(63)52-33-34-54-53-24-12-14-26-59(53)65(60(54)42-52,49-20-6-2-7-21-49)50-22-8-3-9-23-50/h5-40H,1-4H3;1-42H. The summed E-state index contributed by atoms with van der Waals surface area (Å²) < 4.78 is 9.89. The smallest absolute Gasteiger partial charge is 0.0714 e. The highest BCUT2D eigenvalue weighted by Gasteiger charge is 2.47. The predicted molar refractivity (Wildman–Crippen MR) is 567 cm³/mol. The van der Waals surface area contributed by atoms with E-state index in [0.717, 1.165) is 5.69 Å². The number of hydrogen-bond donors (Lipinski definition) is 0. The van der Waals surface area contributed by atoms with E-state index in [1.807, 2.05) is 0 Å². The van der Waals surface area contributed by atoms with Crippen molar-refractivity contribution in [2.24, 2.45) is 0 Å². The molecule has 4 heteroatoms. The molecule has 0 saturated carbocycles. The van der Waals surface area contributed by atoms with Gasteiger partial charge >= 0.3 is 0 Å². The Morgan fingerprint density at radius 2 is 0.400 bits per heavy atom. The monoisotopic (exact) mass is 1720 g/mol. The Labute approximate surface area is 784 Å². The highest BCUT2D eigenvalue weighted by atomic mass is 15.0. The maximum atomic E-state index is 2.49. The molecule has 0 atom stereocenters. The van der Waals surface area contributed by atoms with E-state index in [1.54, 1.807) is 0 Å². The summed E-state index contributed by atoms with van der Waals surface area (Å²) in [5, 5.41) is 12.4. The Morgan fingerprint density at radius 1 is 0.148 bits per heavy atom. The first-order valence-corrected chi connectivity index (χ1v) is 47.2. The summed E-state index contributed by atoms with van der Waals surface area (Å²) in [5.74, 6) is 0. The molecule has 3 aliphatic carbocycles. The third-order valence-electron chi connectivity index (χ3n) is 30.3. The Bertz CT molecular complexity index is 8910. The van der Waals surface area contributed by atoms with Gasteiger partial charge in [-0.25, -0.2) is 0 Å². The van der Waals surface area contributed by atoms with Crippen LogP contribution in [0.4, 0.5) is 0 Å². The number of benzene rings is 21. The summed E-state index contributed by atoms with van der Waals surface area (Å²) in [7, 11) is 0. The van der Waals surface area contributed by atoms with Gasteiger partial charge in [-0.3, -0.25) is 0 Å². The molecule has 0 saturated heterocycles. The van der Waals surface area contributed by atoms with Crippen LogP contribution in [0.15, 0.2) is 473 Å². The van der Waals surface area contributed by atoms with Gasteiger partial charge in [-0.05, 0) is 284 Å². The van der Waals surface area contributed by atoms with Crippen molar-refractivity contribution in [1.29, 1.82) is 0 Å². The van der Waals surface area contributed by atoms with Crippen LogP contribution in [0.2, 0.25) is 0 Å².